The van der Waals surface area contributed by atoms with Gasteiger partial charge in [0, 0.05) is 19.2 Å². The van der Waals surface area contributed by atoms with Crippen molar-refractivity contribution in [3.05, 3.63) is 35.4 Å². The van der Waals surface area contributed by atoms with Crippen molar-refractivity contribution in [3.63, 3.8) is 0 Å². The topological polar surface area (TPSA) is 79.5 Å². The van der Waals surface area contributed by atoms with E-state index in [4.69, 9.17) is 4.74 Å². The third-order valence-corrected chi connectivity index (χ3v) is 2.78. The fourth-order valence-corrected chi connectivity index (χ4v) is 1.89. The zero-order chi connectivity index (χ0) is 16.6. The highest BCUT2D eigenvalue weighted by atomic mass is 16.5. The number of nitrogens with one attached hydrogen (secondary N) is 3. The summed E-state index contributed by atoms with van der Waals surface area (Å²) in [6, 6.07) is 7.34. The van der Waals surface area contributed by atoms with E-state index in [1.807, 2.05) is 45.0 Å². The zero-order valence-corrected chi connectivity index (χ0v) is 13.7. The zero-order valence-electron chi connectivity index (χ0n) is 13.7. The van der Waals surface area contributed by atoms with E-state index in [1.54, 1.807) is 7.11 Å². The largest absolute Gasteiger partial charge is 0.380 e. The van der Waals surface area contributed by atoms with Crippen LogP contribution in [0.25, 0.3) is 0 Å². The van der Waals surface area contributed by atoms with Crippen molar-refractivity contribution in [2.75, 3.05) is 13.7 Å². The predicted octanol–water partition coefficient (Wildman–Crippen LogP) is 1.55. The number of benzene rings is 1. The molecule has 0 saturated heterocycles. The molecule has 0 fully saturated rings. The van der Waals surface area contributed by atoms with Crippen LogP contribution in [0.1, 0.15) is 31.9 Å². The van der Waals surface area contributed by atoms with Crippen molar-refractivity contribution in [1.29, 1.82) is 0 Å². The molecule has 6 heteroatoms. The Kier molecular flexibility index (Phi) is 6.85. The van der Waals surface area contributed by atoms with Crippen LogP contribution in [0, 0.1) is 0 Å². The minimum absolute atomic E-state index is 0.0528. The average Bonchev–Trinajstić information content (AvgIpc) is 2.43. The van der Waals surface area contributed by atoms with Gasteiger partial charge in [0.05, 0.1) is 13.2 Å². The van der Waals surface area contributed by atoms with Gasteiger partial charge in [-0.1, -0.05) is 24.3 Å². The van der Waals surface area contributed by atoms with Gasteiger partial charge in [-0.05, 0) is 31.9 Å². The maximum absolute atomic E-state index is 11.7. The Morgan fingerprint density at radius 1 is 1.09 bits per heavy atom. The van der Waals surface area contributed by atoms with Gasteiger partial charge < -0.3 is 20.7 Å². The Bertz CT molecular complexity index is 510. The lowest BCUT2D eigenvalue weighted by molar-refractivity contribution is -0.121. The number of urea groups is 1. The van der Waals surface area contributed by atoms with Crippen molar-refractivity contribution in [1.82, 2.24) is 16.0 Å². The number of carbonyl (C=O) groups is 2. The SMILES string of the molecule is COCc1ccccc1CNC(=O)NCC(=O)NC(C)(C)C. The van der Waals surface area contributed by atoms with E-state index in [0.717, 1.165) is 11.1 Å². The van der Waals surface area contributed by atoms with Gasteiger partial charge in [-0.3, -0.25) is 4.79 Å². The number of carbonyl (C=O) groups excluding carboxylic acids is 2. The lowest BCUT2D eigenvalue weighted by Crippen LogP contribution is -2.47. The standard InChI is InChI=1S/C16H25N3O3/c1-16(2,3)19-14(20)10-18-15(21)17-9-12-7-5-6-8-13(12)11-22-4/h5-8H,9-11H2,1-4H3,(H,19,20)(H2,17,18,21). The fraction of sp³-hybridized carbons (Fsp3) is 0.500. The normalized spacial score (nSPS) is 10.9. The molecular formula is C16H25N3O3. The summed E-state index contributed by atoms with van der Waals surface area (Å²) in [7, 11) is 1.63. The number of amides is 3. The molecule has 0 bridgehead atoms. The van der Waals surface area contributed by atoms with Crippen LogP contribution in [-0.4, -0.2) is 31.1 Å². The molecule has 0 atom stereocenters. The van der Waals surface area contributed by atoms with Gasteiger partial charge in [-0.2, -0.15) is 0 Å². The third-order valence-electron chi connectivity index (χ3n) is 2.78. The van der Waals surface area contributed by atoms with E-state index in [1.165, 1.54) is 0 Å². The van der Waals surface area contributed by atoms with Crippen molar-refractivity contribution in [2.24, 2.45) is 0 Å². The molecule has 0 aromatic heterocycles. The lowest BCUT2D eigenvalue weighted by Gasteiger charge is -2.20. The molecule has 22 heavy (non-hydrogen) atoms. The number of ether oxygens (including phenoxy) is 1. The second kappa shape index (κ2) is 8.38. The molecule has 0 radical (unpaired) electrons. The van der Waals surface area contributed by atoms with E-state index in [-0.39, 0.29) is 24.0 Å². The highest BCUT2D eigenvalue weighted by Crippen LogP contribution is 2.09. The molecule has 3 N–H and O–H groups in total. The minimum Gasteiger partial charge on any atom is -0.380 e. The van der Waals surface area contributed by atoms with Crippen LogP contribution in [0.2, 0.25) is 0 Å². The number of hydrogen-bond acceptors (Lipinski definition) is 3. The molecule has 0 aliphatic heterocycles. The van der Waals surface area contributed by atoms with Gasteiger partial charge >= 0.3 is 6.03 Å². The summed E-state index contributed by atoms with van der Waals surface area (Å²) in [6.07, 6.45) is 0. The van der Waals surface area contributed by atoms with E-state index >= 15 is 0 Å². The molecule has 6 nitrogen and oxygen atoms in total. The number of hydrogen-bond donors (Lipinski definition) is 3. The summed E-state index contributed by atoms with van der Waals surface area (Å²) >= 11 is 0. The first-order valence-electron chi connectivity index (χ1n) is 7.20. The molecular weight excluding hydrogens is 282 g/mol. The summed E-state index contributed by atoms with van der Waals surface area (Å²) in [5.74, 6) is -0.220. The first-order chi connectivity index (χ1) is 10.3. The lowest BCUT2D eigenvalue weighted by atomic mass is 10.1. The molecule has 0 spiro atoms. The summed E-state index contributed by atoms with van der Waals surface area (Å²) < 4.78 is 5.12. The van der Waals surface area contributed by atoms with Crippen LogP contribution in [-0.2, 0) is 22.7 Å². The number of rotatable bonds is 6. The minimum atomic E-state index is -0.378. The van der Waals surface area contributed by atoms with Gasteiger partial charge in [-0.15, -0.1) is 0 Å². The molecule has 1 aromatic rings. The van der Waals surface area contributed by atoms with Crippen LogP contribution < -0.4 is 16.0 Å². The molecule has 0 unspecified atom stereocenters. The molecule has 0 heterocycles. The van der Waals surface area contributed by atoms with Crippen molar-refractivity contribution >= 4 is 11.9 Å². The van der Waals surface area contributed by atoms with Gasteiger partial charge in [0.1, 0.15) is 0 Å². The van der Waals surface area contributed by atoms with E-state index < -0.39 is 0 Å². The number of methoxy groups -OCH3 is 1. The van der Waals surface area contributed by atoms with Gasteiger partial charge in [0.25, 0.3) is 0 Å². The van der Waals surface area contributed by atoms with Crippen molar-refractivity contribution in [3.8, 4) is 0 Å². The Morgan fingerprint density at radius 3 is 2.32 bits per heavy atom. The molecule has 0 saturated carbocycles. The molecule has 0 aliphatic rings. The van der Waals surface area contributed by atoms with Gasteiger partial charge in [0.15, 0.2) is 0 Å². The highest BCUT2D eigenvalue weighted by Gasteiger charge is 2.14. The summed E-state index contributed by atoms with van der Waals surface area (Å²) in [4.78, 5) is 23.3. The predicted molar refractivity (Wildman–Crippen MR) is 85.3 cm³/mol. The maximum Gasteiger partial charge on any atom is 0.315 e. The smallest absolute Gasteiger partial charge is 0.315 e. The third kappa shape index (κ3) is 7.08. The Morgan fingerprint density at radius 2 is 1.73 bits per heavy atom. The second-order valence-electron chi connectivity index (χ2n) is 6.04. The van der Waals surface area contributed by atoms with Crippen LogP contribution in [0.5, 0.6) is 0 Å². The molecule has 1 aromatic carbocycles. The van der Waals surface area contributed by atoms with Crippen LogP contribution >= 0.6 is 0 Å². The Labute approximate surface area is 131 Å². The molecule has 1 rings (SSSR count). The Balaban J connectivity index is 2.39. The maximum atomic E-state index is 11.7. The highest BCUT2D eigenvalue weighted by molar-refractivity contribution is 5.84. The van der Waals surface area contributed by atoms with Crippen molar-refractivity contribution in [2.45, 2.75) is 39.5 Å². The second-order valence-corrected chi connectivity index (χ2v) is 6.04. The first kappa shape index (κ1) is 18.0. The summed E-state index contributed by atoms with van der Waals surface area (Å²) in [5.41, 5.74) is 1.70. The van der Waals surface area contributed by atoms with Gasteiger partial charge in [-0.25, -0.2) is 4.79 Å². The first-order valence-corrected chi connectivity index (χ1v) is 7.20. The van der Waals surface area contributed by atoms with E-state index in [9.17, 15) is 9.59 Å². The molecule has 3 amide bonds. The van der Waals surface area contributed by atoms with Crippen LogP contribution in [0.4, 0.5) is 4.79 Å². The van der Waals surface area contributed by atoms with Gasteiger partial charge in [0.2, 0.25) is 5.91 Å². The van der Waals surface area contributed by atoms with Crippen molar-refractivity contribution < 1.29 is 14.3 Å². The summed E-state index contributed by atoms with van der Waals surface area (Å²) in [6.45, 7) is 6.48. The Hall–Kier alpha value is -2.08. The monoisotopic (exact) mass is 307 g/mol. The van der Waals surface area contributed by atoms with Crippen LogP contribution in [0.15, 0.2) is 24.3 Å². The average molecular weight is 307 g/mol. The molecule has 122 valence electrons. The summed E-state index contributed by atoms with van der Waals surface area (Å²) in [5, 5.41) is 8.04. The van der Waals surface area contributed by atoms with E-state index in [2.05, 4.69) is 16.0 Å². The van der Waals surface area contributed by atoms with E-state index in [0.29, 0.717) is 13.2 Å². The fourth-order valence-electron chi connectivity index (χ4n) is 1.89. The quantitative estimate of drug-likeness (QED) is 0.746. The molecule has 0 aliphatic carbocycles. The van der Waals surface area contributed by atoms with Crippen LogP contribution in [0.3, 0.4) is 0 Å².